The van der Waals surface area contributed by atoms with E-state index in [0.29, 0.717) is 34.8 Å². The molecule has 0 saturated carbocycles. The molecule has 0 aliphatic carbocycles. The van der Waals surface area contributed by atoms with Gasteiger partial charge in [-0.05, 0) is 48.4 Å². The van der Waals surface area contributed by atoms with Gasteiger partial charge in [-0.3, -0.25) is 10.1 Å². The van der Waals surface area contributed by atoms with Crippen LogP contribution < -0.4 is 9.47 Å². The van der Waals surface area contributed by atoms with Crippen molar-refractivity contribution in [2.75, 3.05) is 6.61 Å². The lowest BCUT2D eigenvalue weighted by Gasteiger charge is -2.14. The first-order valence-electron chi connectivity index (χ1n) is 10.3. The Labute approximate surface area is 200 Å². The summed E-state index contributed by atoms with van der Waals surface area (Å²) in [6.45, 7) is 2.22. The molecule has 0 radical (unpaired) electrons. The molecule has 0 aromatic heterocycles. The largest absolute Gasteiger partial charge is 0.490 e. The number of carbonyl (C=O) groups is 1. The molecule has 34 heavy (non-hydrogen) atoms. The third kappa shape index (κ3) is 5.24. The van der Waals surface area contributed by atoms with Crippen LogP contribution in [-0.4, -0.2) is 23.4 Å². The molecule has 0 bridgehead atoms. The van der Waals surface area contributed by atoms with Gasteiger partial charge in [0.2, 0.25) is 5.90 Å². The number of halogens is 1. The molecule has 0 saturated heterocycles. The van der Waals surface area contributed by atoms with E-state index in [2.05, 4.69) is 4.99 Å². The highest BCUT2D eigenvalue weighted by Gasteiger charge is 2.24. The molecule has 172 valence electrons. The van der Waals surface area contributed by atoms with Crippen molar-refractivity contribution in [2.45, 2.75) is 13.5 Å². The molecule has 0 N–H and O–H groups in total. The third-order valence-corrected chi connectivity index (χ3v) is 5.06. The van der Waals surface area contributed by atoms with E-state index < -0.39 is 10.9 Å². The summed E-state index contributed by atoms with van der Waals surface area (Å²) in [6, 6.07) is 18.5. The van der Waals surface area contributed by atoms with E-state index in [4.69, 9.17) is 25.8 Å². The maximum atomic E-state index is 12.3. The number of rotatable bonds is 8. The van der Waals surface area contributed by atoms with Crippen molar-refractivity contribution >= 4 is 35.2 Å². The summed E-state index contributed by atoms with van der Waals surface area (Å²) in [5.74, 6) is 0.314. The molecule has 0 atom stereocenters. The molecule has 8 nitrogen and oxygen atoms in total. The lowest BCUT2D eigenvalue weighted by molar-refractivity contribution is -0.384. The van der Waals surface area contributed by atoms with Crippen molar-refractivity contribution in [3.8, 4) is 11.5 Å². The fourth-order valence-electron chi connectivity index (χ4n) is 3.26. The maximum absolute atomic E-state index is 12.3. The van der Waals surface area contributed by atoms with E-state index in [1.165, 1.54) is 12.1 Å². The van der Waals surface area contributed by atoms with Gasteiger partial charge in [-0.1, -0.05) is 41.9 Å². The summed E-state index contributed by atoms with van der Waals surface area (Å²) in [5, 5.41) is 11.3. The SMILES string of the molecule is CCOc1cc(/C=C2/N=C(c3ccccc3)OC2=O)cc(Cl)c1OCc1cccc([N+](=O)[O-])c1. The van der Waals surface area contributed by atoms with Crippen LogP contribution in [0.3, 0.4) is 0 Å². The minimum atomic E-state index is -0.570. The van der Waals surface area contributed by atoms with E-state index in [9.17, 15) is 14.9 Å². The molecule has 0 unspecified atom stereocenters. The molecular formula is C25H19ClN2O6. The first kappa shape index (κ1) is 23.0. The second kappa shape index (κ2) is 10.2. The fourth-order valence-corrected chi connectivity index (χ4v) is 3.53. The Balaban J connectivity index is 1.60. The second-order valence-corrected chi connectivity index (χ2v) is 7.59. The molecular weight excluding hydrogens is 460 g/mol. The van der Waals surface area contributed by atoms with Crippen LogP contribution >= 0.6 is 11.6 Å². The van der Waals surface area contributed by atoms with Gasteiger partial charge in [-0.15, -0.1) is 0 Å². The Hall–Kier alpha value is -4.17. The highest BCUT2D eigenvalue weighted by atomic mass is 35.5. The molecule has 3 aromatic carbocycles. The van der Waals surface area contributed by atoms with Crippen LogP contribution in [0.25, 0.3) is 6.08 Å². The predicted molar refractivity (Wildman–Crippen MR) is 127 cm³/mol. The minimum absolute atomic E-state index is 0.0296. The van der Waals surface area contributed by atoms with E-state index in [1.54, 1.807) is 42.5 Å². The van der Waals surface area contributed by atoms with Crippen LogP contribution in [0, 0.1) is 10.1 Å². The molecule has 1 aliphatic heterocycles. The summed E-state index contributed by atoms with van der Waals surface area (Å²) in [6.07, 6.45) is 1.55. The van der Waals surface area contributed by atoms with Gasteiger partial charge in [-0.2, -0.15) is 0 Å². The van der Waals surface area contributed by atoms with Crippen LogP contribution in [0.1, 0.15) is 23.6 Å². The number of benzene rings is 3. The fraction of sp³-hybridized carbons (Fsp3) is 0.120. The molecule has 3 aromatic rings. The number of aliphatic imine (C=N–C) groups is 1. The number of ether oxygens (including phenoxy) is 3. The number of hydrogen-bond donors (Lipinski definition) is 0. The lowest BCUT2D eigenvalue weighted by Crippen LogP contribution is -2.05. The van der Waals surface area contributed by atoms with Gasteiger partial charge in [0.1, 0.15) is 6.61 Å². The van der Waals surface area contributed by atoms with Gasteiger partial charge in [0.25, 0.3) is 5.69 Å². The van der Waals surface area contributed by atoms with Crippen molar-refractivity contribution in [1.82, 2.24) is 0 Å². The number of nitro groups is 1. The second-order valence-electron chi connectivity index (χ2n) is 7.18. The Morgan fingerprint density at radius 3 is 2.62 bits per heavy atom. The van der Waals surface area contributed by atoms with Crippen LogP contribution in [0.15, 0.2) is 77.4 Å². The van der Waals surface area contributed by atoms with Crippen molar-refractivity contribution in [3.63, 3.8) is 0 Å². The monoisotopic (exact) mass is 478 g/mol. The number of non-ortho nitro benzene ring substituents is 1. The Morgan fingerprint density at radius 1 is 1.09 bits per heavy atom. The number of hydrogen-bond acceptors (Lipinski definition) is 7. The summed E-state index contributed by atoms with van der Waals surface area (Å²) in [5.41, 5.74) is 1.97. The summed E-state index contributed by atoms with van der Waals surface area (Å²) < 4.78 is 16.8. The number of nitrogens with zero attached hydrogens (tertiary/aromatic N) is 2. The summed E-state index contributed by atoms with van der Waals surface area (Å²) >= 11 is 6.47. The van der Waals surface area contributed by atoms with Crippen molar-refractivity contribution < 1.29 is 23.9 Å². The number of esters is 1. The van der Waals surface area contributed by atoms with Gasteiger partial charge < -0.3 is 14.2 Å². The van der Waals surface area contributed by atoms with Crippen molar-refractivity contribution in [3.05, 3.63) is 104 Å². The highest BCUT2D eigenvalue weighted by Crippen LogP contribution is 2.38. The molecule has 0 fully saturated rings. The first-order chi connectivity index (χ1) is 16.4. The average molecular weight is 479 g/mol. The van der Waals surface area contributed by atoms with Gasteiger partial charge in [0, 0.05) is 17.7 Å². The normalized spacial score (nSPS) is 14.0. The predicted octanol–water partition coefficient (Wildman–Crippen LogP) is 5.57. The van der Waals surface area contributed by atoms with Crippen LogP contribution in [0.2, 0.25) is 5.02 Å². The zero-order valence-electron chi connectivity index (χ0n) is 18.1. The highest BCUT2D eigenvalue weighted by molar-refractivity contribution is 6.32. The summed E-state index contributed by atoms with van der Waals surface area (Å²) in [7, 11) is 0. The number of nitro benzene ring substituents is 1. The molecule has 1 heterocycles. The zero-order chi connectivity index (χ0) is 24.1. The molecule has 0 spiro atoms. The number of cyclic esters (lactones) is 1. The van der Waals surface area contributed by atoms with Crippen LogP contribution in [0.5, 0.6) is 11.5 Å². The van der Waals surface area contributed by atoms with Gasteiger partial charge in [0.05, 0.1) is 16.6 Å². The van der Waals surface area contributed by atoms with Crippen LogP contribution in [0.4, 0.5) is 5.69 Å². The van der Waals surface area contributed by atoms with E-state index in [1.807, 2.05) is 25.1 Å². The maximum Gasteiger partial charge on any atom is 0.363 e. The molecule has 1 aliphatic rings. The minimum Gasteiger partial charge on any atom is -0.490 e. The molecule has 9 heteroatoms. The third-order valence-electron chi connectivity index (χ3n) is 4.78. The Morgan fingerprint density at radius 2 is 1.88 bits per heavy atom. The van der Waals surface area contributed by atoms with E-state index in [-0.39, 0.29) is 28.9 Å². The lowest BCUT2D eigenvalue weighted by atomic mass is 10.1. The Bertz CT molecular complexity index is 1300. The van der Waals surface area contributed by atoms with Gasteiger partial charge in [0.15, 0.2) is 17.2 Å². The summed E-state index contributed by atoms with van der Waals surface area (Å²) in [4.78, 5) is 27.1. The van der Waals surface area contributed by atoms with Crippen molar-refractivity contribution in [1.29, 1.82) is 0 Å². The zero-order valence-corrected chi connectivity index (χ0v) is 18.8. The standard InChI is InChI=1S/C25H19ClN2O6/c1-2-32-22-14-17(13-21-25(29)34-24(27-21)18-8-4-3-5-9-18)12-20(26)23(22)33-15-16-7-6-10-19(11-16)28(30)31/h3-14H,2,15H2,1H3/b21-13+. The number of carbonyl (C=O) groups excluding carboxylic acids is 1. The van der Waals surface area contributed by atoms with Gasteiger partial charge >= 0.3 is 5.97 Å². The first-order valence-corrected chi connectivity index (χ1v) is 10.7. The van der Waals surface area contributed by atoms with Crippen LogP contribution in [-0.2, 0) is 16.1 Å². The smallest absolute Gasteiger partial charge is 0.363 e. The van der Waals surface area contributed by atoms with Gasteiger partial charge in [-0.25, -0.2) is 9.79 Å². The van der Waals surface area contributed by atoms with E-state index >= 15 is 0 Å². The molecule has 4 rings (SSSR count). The quantitative estimate of drug-likeness (QED) is 0.181. The van der Waals surface area contributed by atoms with Crippen molar-refractivity contribution in [2.24, 2.45) is 4.99 Å². The molecule has 0 amide bonds. The topological polar surface area (TPSA) is 100 Å². The Kier molecular flexibility index (Phi) is 6.89. The average Bonchev–Trinajstić information content (AvgIpc) is 3.19. The van der Waals surface area contributed by atoms with E-state index in [0.717, 1.165) is 0 Å².